The summed E-state index contributed by atoms with van der Waals surface area (Å²) in [5.74, 6) is 1.65. The van der Waals surface area contributed by atoms with Gasteiger partial charge in [0.2, 0.25) is 0 Å². The number of hydrogen-bond acceptors (Lipinski definition) is 4. The summed E-state index contributed by atoms with van der Waals surface area (Å²) in [6, 6.07) is 10.1. The number of methoxy groups -OCH3 is 3. The SMILES string of the molecule is COc1cc(CNc2cc(OC)ccc2F)cc(OC)c1. The fraction of sp³-hybridized carbons (Fsp3) is 0.250. The molecule has 0 aliphatic carbocycles. The number of nitrogens with one attached hydrogen (secondary N) is 1. The molecule has 21 heavy (non-hydrogen) atoms. The third kappa shape index (κ3) is 3.78. The Balaban J connectivity index is 2.16. The molecule has 112 valence electrons. The summed E-state index contributed by atoms with van der Waals surface area (Å²) in [6.07, 6.45) is 0. The maximum absolute atomic E-state index is 13.7. The van der Waals surface area contributed by atoms with Gasteiger partial charge in [0, 0.05) is 18.7 Å². The maximum atomic E-state index is 13.7. The summed E-state index contributed by atoms with van der Waals surface area (Å²) < 4.78 is 29.2. The first-order chi connectivity index (χ1) is 10.2. The zero-order valence-corrected chi connectivity index (χ0v) is 12.3. The number of ether oxygens (including phenoxy) is 3. The van der Waals surface area contributed by atoms with Gasteiger partial charge in [-0.15, -0.1) is 0 Å². The summed E-state index contributed by atoms with van der Waals surface area (Å²) >= 11 is 0. The number of halogens is 1. The number of benzene rings is 2. The van der Waals surface area contributed by atoms with Gasteiger partial charge in [0.1, 0.15) is 23.1 Å². The molecule has 0 aliphatic rings. The smallest absolute Gasteiger partial charge is 0.146 e. The molecule has 0 aromatic heterocycles. The zero-order chi connectivity index (χ0) is 15.2. The molecule has 0 heterocycles. The van der Waals surface area contributed by atoms with Gasteiger partial charge >= 0.3 is 0 Å². The molecule has 0 amide bonds. The molecule has 2 aromatic carbocycles. The minimum atomic E-state index is -0.328. The van der Waals surface area contributed by atoms with Crippen molar-refractivity contribution in [2.45, 2.75) is 6.54 Å². The molecular weight excluding hydrogens is 273 g/mol. The van der Waals surface area contributed by atoms with E-state index in [9.17, 15) is 4.39 Å². The molecule has 0 bridgehead atoms. The first kappa shape index (κ1) is 15.0. The lowest BCUT2D eigenvalue weighted by atomic mass is 10.2. The second-order valence-corrected chi connectivity index (χ2v) is 4.42. The highest BCUT2D eigenvalue weighted by Gasteiger charge is 2.06. The van der Waals surface area contributed by atoms with Crippen LogP contribution in [0.25, 0.3) is 0 Å². The molecule has 0 unspecified atom stereocenters. The Bertz CT molecular complexity index is 594. The second-order valence-electron chi connectivity index (χ2n) is 4.42. The van der Waals surface area contributed by atoms with Crippen LogP contribution in [0.1, 0.15) is 5.56 Å². The van der Waals surface area contributed by atoms with Crippen LogP contribution in [0.15, 0.2) is 36.4 Å². The highest BCUT2D eigenvalue weighted by atomic mass is 19.1. The molecule has 0 fully saturated rings. The van der Waals surface area contributed by atoms with Crippen LogP contribution in [-0.4, -0.2) is 21.3 Å². The van der Waals surface area contributed by atoms with Crippen molar-refractivity contribution in [1.82, 2.24) is 0 Å². The number of anilines is 1. The Morgan fingerprint density at radius 3 is 2.05 bits per heavy atom. The van der Waals surface area contributed by atoms with E-state index < -0.39 is 0 Å². The monoisotopic (exact) mass is 291 g/mol. The molecule has 2 aromatic rings. The van der Waals surface area contributed by atoms with Gasteiger partial charge in [-0.05, 0) is 29.8 Å². The average molecular weight is 291 g/mol. The third-order valence-electron chi connectivity index (χ3n) is 3.07. The van der Waals surface area contributed by atoms with Gasteiger partial charge in [-0.3, -0.25) is 0 Å². The van der Waals surface area contributed by atoms with Crippen LogP contribution in [0.3, 0.4) is 0 Å². The van der Waals surface area contributed by atoms with Gasteiger partial charge in [0.25, 0.3) is 0 Å². The molecule has 0 atom stereocenters. The normalized spacial score (nSPS) is 10.1. The quantitative estimate of drug-likeness (QED) is 0.884. The van der Waals surface area contributed by atoms with E-state index in [1.807, 2.05) is 12.1 Å². The third-order valence-corrected chi connectivity index (χ3v) is 3.07. The van der Waals surface area contributed by atoms with E-state index in [1.165, 1.54) is 6.07 Å². The predicted octanol–water partition coefficient (Wildman–Crippen LogP) is 3.46. The van der Waals surface area contributed by atoms with Crippen molar-refractivity contribution in [3.05, 3.63) is 47.8 Å². The molecule has 5 heteroatoms. The Morgan fingerprint density at radius 1 is 0.857 bits per heavy atom. The number of rotatable bonds is 6. The van der Waals surface area contributed by atoms with Gasteiger partial charge in [0.05, 0.1) is 27.0 Å². The minimum Gasteiger partial charge on any atom is -0.497 e. The molecule has 0 radical (unpaired) electrons. The van der Waals surface area contributed by atoms with E-state index in [2.05, 4.69) is 5.32 Å². The lowest BCUT2D eigenvalue weighted by Gasteiger charge is -2.11. The van der Waals surface area contributed by atoms with Crippen molar-refractivity contribution in [3.63, 3.8) is 0 Å². The van der Waals surface area contributed by atoms with E-state index in [4.69, 9.17) is 14.2 Å². The average Bonchev–Trinajstić information content (AvgIpc) is 2.53. The van der Waals surface area contributed by atoms with Gasteiger partial charge in [-0.2, -0.15) is 0 Å². The fourth-order valence-corrected chi connectivity index (χ4v) is 1.93. The molecule has 0 saturated carbocycles. The Morgan fingerprint density at radius 2 is 1.48 bits per heavy atom. The van der Waals surface area contributed by atoms with Crippen molar-refractivity contribution >= 4 is 5.69 Å². The van der Waals surface area contributed by atoms with Gasteiger partial charge in [0.15, 0.2) is 0 Å². The molecule has 0 spiro atoms. The predicted molar refractivity (Wildman–Crippen MR) is 79.8 cm³/mol. The molecular formula is C16H18FNO3. The fourth-order valence-electron chi connectivity index (χ4n) is 1.93. The van der Waals surface area contributed by atoms with Crippen LogP contribution in [0.4, 0.5) is 10.1 Å². The van der Waals surface area contributed by atoms with Crippen molar-refractivity contribution in [2.75, 3.05) is 26.6 Å². The van der Waals surface area contributed by atoms with E-state index in [0.29, 0.717) is 29.5 Å². The van der Waals surface area contributed by atoms with Crippen LogP contribution in [0.2, 0.25) is 0 Å². The van der Waals surface area contributed by atoms with Crippen LogP contribution in [0.5, 0.6) is 17.2 Å². The van der Waals surface area contributed by atoms with Crippen LogP contribution in [0, 0.1) is 5.82 Å². The van der Waals surface area contributed by atoms with Crippen LogP contribution in [-0.2, 0) is 6.54 Å². The van der Waals surface area contributed by atoms with E-state index >= 15 is 0 Å². The topological polar surface area (TPSA) is 39.7 Å². The standard InChI is InChI=1S/C16H18FNO3/c1-19-12-4-5-15(17)16(9-12)18-10-11-6-13(20-2)8-14(7-11)21-3/h4-9,18H,10H2,1-3H3. The van der Waals surface area contributed by atoms with Gasteiger partial charge in [-0.25, -0.2) is 4.39 Å². The van der Waals surface area contributed by atoms with E-state index in [-0.39, 0.29) is 5.82 Å². The summed E-state index contributed by atoms with van der Waals surface area (Å²) in [5.41, 5.74) is 1.31. The lowest BCUT2D eigenvalue weighted by molar-refractivity contribution is 0.393. The summed E-state index contributed by atoms with van der Waals surface area (Å²) in [4.78, 5) is 0. The Kier molecular flexibility index (Phi) is 4.87. The van der Waals surface area contributed by atoms with Gasteiger partial charge < -0.3 is 19.5 Å². The zero-order valence-electron chi connectivity index (χ0n) is 12.3. The second kappa shape index (κ2) is 6.83. The van der Waals surface area contributed by atoms with Crippen molar-refractivity contribution in [2.24, 2.45) is 0 Å². The van der Waals surface area contributed by atoms with E-state index in [0.717, 1.165) is 5.56 Å². The summed E-state index contributed by atoms with van der Waals surface area (Å²) in [5, 5.41) is 3.04. The first-order valence-electron chi connectivity index (χ1n) is 6.45. The number of hydrogen-bond donors (Lipinski definition) is 1. The van der Waals surface area contributed by atoms with Gasteiger partial charge in [-0.1, -0.05) is 0 Å². The first-order valence-corrected chi connectivity index (χ1v) is 6.45. The Labute approximate surface area is 123 Å². The van der Waals surface area contributed by atoms with Crippen LogP contribution >= 0.6 is 0 Å². The lowest BCUT2D eigenvalue weighted by Crippen LogP contribution is -2.02. The molecule has 0 aliphatic heterocycles. The molecule has 4 nitrogen and oxygen atoms in total. The largest absolute Gasteiger partial charge is 0.497 e. The minimum absolute atomic E-state index is 0.328. The summed E-state index contributed by atoms with van der Waals surface area (Å²) in [6.45, 7) is 0.442. The van der Waals surface area contributed by atoms with E-state index in [1.54, 1.807) is 39.5 Å². The van der Waals surface area contributed by atoms with Crippen LogP contribution < -0.4 is 19.5 Å². The molecule has 1 N–H and O–H groups in total. The summed E-state index contributed by atoms with van der Waals surface area (Å²) in [7, 11) is 4.73. The van der Waals surface area contributed by atoms with Crippen molar-refractivity contribution < 1.29 is 18.6 Å². The molecule has 2 rings (SSSR count). The highest BCUT2D eigenvalue weighted by molar-refractivity contribution is 5.50. The highest BCUT2D eigenvalue weighted by Crippen LogP contribution is 2.25. The molecule has 0 saturated heterocycles. The van der Waals surface area contributed by atoms with Crippen molar-refractivity contribution in [1.29, 1.82) is 0 Å². The van der Waals surface area contributed by atoms with Crippen molar-refractivity contribution in [3.8, 4) is 17.2 Å². The maximum Gasteiger partial charge on any atom is 0.146 e. The Hall–Kier alpha value is -2.43.